The van der Waals surface area contributed by atoms with E-state index in [1.54, 1.807) is 6.26 Å². The Morgan fingerprint density at radius 1 is 1.41 bits per heavy atom. The van der Waals surface area contributed by atoms with Gasteiger partial charge < -0.3 is 10.5 Å². The molecular formula is C14H17NO2. The first-order chi connectivity index (χ1) is 8.25. The molecule has 1 heterocycles. The number of anilines is 1. The number of benzene rings is 1. The van der Waals surface area contributed by atoms with E-state index in [-0.39, 0.29) is 5.78 Å². The largest absolute Gasteiger partial charge is 0.501 e. The summed E-state index contributed by atoms with van der Waals surface area (Å²) in [6.45, 7) is 0.728. The first-order valence-electron chi connectivity index (χ1n) is 5.94. The lowest BCUT2D eigenvalue weighted by Gasteiger charge is -2.12. The van der Waals surface area contributed by atoms with Gasteiger partial charge in [0.2, 0.25) is 0 Å². The molecule has 1 aliphatic heterocycles. The maximum absolute atomic E-state index is 11.9. The lowest BCUT2D eigenvalue weighted by molar-refractivity contribution is -0.116. The molecule has 1 aromatic rings. The Morgan fingerprint density at radius 2 is 2.29 bits per heavy atom. The van der Waals surface area contributed by atoms with Gasteiger partial charge in [0.25, 0.3) is 0 Å². The van der Waals surface area contributed by atoms with Crippen LogP contribution in [0.25, 0.3) is 0 Å². The van der Waals surface area contributed by atoms with Crippen molar-refractivity contribution in [2.24, 2.45) is 0 Å². The van der Waals surface area contributed by atoms with Crippen molar-refractivity contribution in [3.8, 4) is 0 Å². The third-order valence-corrected chi connectivity index (χ3v) is 2.88. The molecule has 3 nitrogen and oxygen atoms in total. The van der Waals surface area contributed by atoms with Crippen LogP contribution < -0.4 is 5.73 Å². The Labute approximate surface area is 101 Å². The average molecular weight is 231 g/mol. The summed E-state index contributed by atoms with van der Waals surface area (Å²) in [5, 5.41) is 0. The number of ether oxygens (including phenoxy) is 1. The Balaban J connectivity index is 1.89. The summed E-state index contributed by atoms with van der Waals surface area (Å²) in [5.74, 6) is 0.187. The van der Waals surface area contributed by atoms with Gasteiger partial charge in [-0.1, -0.05) is 12.1 Å². The summed E-state index contributed by atoms with van der Waals surface area (Å²) >= 11 is 0. The quantitative estimate of drug-likeness (QED) is 0.810. The predicted octanol–water partition coefficient (Wildman–Crippen LogP) is 2.46. The Kier molecular flexibility index (Phi) is 3.81. The van der Waals surface area contributed by atoms with E-state index in [9.17, 15) is 4.79 Å². The van der Waals surface area contributed by atoms with Crippen molar-refractivity contribution >= 4 is 11.5 Å². The normalized spacial score (nSPS) is 14.9. The van der Waals surface area contributed by atoms with E-state index >= 15 is 0 Å². The van der Waals surface area contributed by atoms with Gasteiger partial charge in [-0.3, -0.25) is 4.79 Å². The van der Waals surface area contributed by atoms with Gasteiger partial charge in [0.1, 0.15) is 0 Å². The molecule has 0 fully saturated rings. The maximum atomic E-state index is 11.9. The second kappa shape index (κ2) is 5.53. The van der Waals surface area contributed by atoms with Crippen molar-refractivity contribution in [3.05, 3.63) is 41.7 Å². The molecule has 2 N–H and O–H groups in total. The Morgan fingerprint density at radius 3 is 3.00 bits per heavy atom. The van der Waals surface area contributed by atoms with Gasteiger partial charge in [-0.2, -0.15) is 0 Å². The fraction of sp³-hybridized carbons (Fsp3) is 0.357. The topological polar surface area (TPSA) is 52.3 Å². The second-order valence-electron chi connectivity index (χ2n) is 4.29. The molecule has 90 valence electrons. The highest BCUT2D eigenvalue weighted by Gasteiger charge is 2.13. The summed E-state index contributed by atoms with van der Waals surface area (Å²) in [6, 6.07) is 7.68. The van der Waals surface area contributed by atoms with E-state index < -0.39 is 0 Å². The number of carbonyl (C=O) groups excluding carboxylic acids is 1. The molecule has 0 saturated heterocycles. The zero-order valence-corrected chi connectivity index (χ0v) is 9.82. The molecule has 0 aromatic heterocycles. The number of aryl methyl sites for hydroxylation is 1. The van der Waals surface area contributed by atoms with E-state index in [1.807, 2.05) is 24.3 Å². The number of Topliss-reactive ketones (excluding diaryl/α,β-unsaturated/α-hetero) is 1. The van der Waals surface area contributed by atoms with Crippen LogP contribution in [0.2, 0.25) is 0 Å². The van der Waals surface area contributed by atoms with Crippen LogP contribution in [0.1, 0.15) is 24.8 Å². The Hall–Kier alpha value is -1.77. The zero-order chi connectivity index (χ0) is 12.1. The van der Waals surface area contributed by atoms with Gasteiger partial charge in [-0.15, -0.1) is 0 Å². The highest BCUT2D eigenvalue weighted by atomic mass is 16.5. The van der Waals surface area contributed by atoms with Gasteiger partial charge >= 0.3 is 0 Å². The summed E-state index contributed by atoms with van der Waals surface area (Å²) in [5.41, 5.74) is 8.36. The van der Waals surface area contributed by atoms with Crippen LogP contribution in [0, 0.1) is 0 Å². The van der Waals surface area contributed by atoms with E-state index in [0.29, 0.717) is 6.42 Å². The molecular weight excluding hydrogens is 214 g/mol. The minimum Gasteiger partial charge on any atom is -0.501 e. The third kappa shape index (κ3) is 3.34. The predicted molar refractivity (Wildman–Crippen MR) is 67.5 cm³/mol. The monoisotopic (exact) mass is 231 g/mol. The number of allylic oxidation sites excluding steroid dienone is 1. The maximum Gasteiger partial charge on any atom is 0.162 e. The molecule has 0 unspecified atom stereocenters. The molecule has 0 bridgehead atoms. The van der Waals surface area contributed by atoms with E-state index in [4.69, 9.17) is 10.5 Å². The summed E-state index contributed by atoms with van der Waals surface area (Å²) in [7, 11) is 0. The number of hydrogen-bond acceptors (Lipinski definition) is 3. The second-order valence-corrected chi connectivity index (χ2v) is 4.29. The molecule has 0 radical (unpaired) electrons. The van der Waals surface area contributed by atoms with Crippen LogP contribution >= 0.6 is 0 Å². The molecule has 17 heavy (non-hydrogen) atoms. The van der Waals surface area contributed by atoms with Gasteiger partial charge in [-0.25, -0.2) is 0 Å². The number of rotatable bonds is 4. The molecule has 0 atom stereocenters. The number of nitrogens with two attached hydrogens (primary N) is 1. The van der Waals surface area contributed by atoms with Gasteiger partial charge in [0.05, 0.1) is 12.9 Å². The first-order valence-corrected chi connectivity index (χ1v) is 5.94. The van der Waals surface area contributed by atoms with Crippen molar-refractivity contribution < 1.29 is 9.53 Å². The smallest absolute Gasteiger partial charge is 0.162 e. The molecule has 0 aliphatic carbocycles. The van der Waals surface area contributed by atoms with Crippen LogP contribution in [0.15, 0.2) is 36.1 Å². The average Bonchev–Trinajstić information content (AvgIpc) is 2.37. The molecule has 0 spiro atoms. The highest BCUT2D eigenvalue weighted by molar-refractivity contribution is 5.95. The van der Waals surface area contributed by atoms with Crippen LogP contribution in [-0.2, 0) is 16.0 Å². The van der Waals surface area contributed by atoms with Crippen molar-refractivity contribution in [1.82, 2.24) is 0 Å². The first kappa shape index (κ1) is 11.7. The molecule has 2 rings (SSSR count). The number of ketones is 1. The number of nitrogen functional groups attached to an aromatic ring is 1. The lowest BCUT2D eigenvalue weighted by Crippen LogP contribution is -2.09. The lowest BCUT2D eigenvalue weighted by atomic mass is 10.00. The minimum absolute atomic E-state index is 0.187. The summed E-state index contributed by atoms with van der Waals surface area (Å²) < 4.78 is 5.17. The van der Waals surface area contributed by atoms with E-state index in [2.05, 4.69) is 0 Å². The third-order valence-electron chi connectivity index (χ3n) is 2.88. The highest BCUT2D eigenvalue weighted by Crippen LogP contribution is 2.16. The fourth-order valence-electron chi connectivity index (χ4n) is 1.94. The minimum atomic E-state index is 0.187. The van der Waals surface area contributed by atoms with Crippen LogP contribution in [0.4, 0.5) is 5.69 Å². The zero-order valence-electron chi connectivity index (χ0n) is 9.82. The van der Waals surface area contributed by atoms with Gasteiger partial charge in [0, 0.05) is 17.7 Å². The van der Waals surface area contributed by atoms with Crippen molar-refractivity contribution in [3.63, 3.8) is 0 Å². The number of hydrogen-bond donors (Lipinski definition) is 1. The molecule has 0 saturated carbocycles. The van der Waals surface area contributed by atoms with Crippen molar-refractivity contribution in [2.45, 2.75) is 25.7 Å². The standard InChI is InChI=1S/C14H17NO2/c15-13-5-1-3-11(9-13)6-7-14(16)12-4-2-8-17-10-12/h1,3,5,9-10H,2,4,6-8,15H2. The molecule has 0 amide bonds. The summed E-state index contributed by atoms with van der Waals surface area (Å²) in [6.07, 6.45) is 4.66. The van der Waals surface area contributed by atoms with E-state index in [0.717, 1.165) is 42.7 Å². The fourth-order valence-corrected chi connectivity index (χ4v) is 1.94. The van der Waals surface area contributed by atoms with Crippen molar-refractivity contribution in [2.75, 3.05) is 12.3 Å². The van der Waals surface area contributed by atoms with Gasteiger partial charge in [-0.05, 0) is 37.0 Å². The summed E-state index contributed by atoms with van der Waals surface area (Å²) in [4.78, 5) is 11.9. The molecule has 3 heteroatoms. The SMILES string of the molecule is Nc1cccc(CCC(=O)C2=COCCC2)c1. The molecule has 1 aromatic carbocycles. The Bertz CT molecular complexity index is 438. The van der Waals surface area contributed by atoms with Crippen LogP contribution in [-0.4, -0.2) is 12.4 Å². The number of carbonyl (C=O) groups is 1. The van der Waals surface area contributed by atoms with Gasteiger partial charge in [0.15, 0.2) is 5.78 Å². The van der Waals surface area contributed by atoms with Crippen LogP contribution in [0.5, 0.6) is 0 Å². The van der Waals surface area contributed by atoms with E-state index in [1.165, 1.54) is 0 Å². The van der Waals surface area contributed by atoms with Crippen LogP contribution in [0.3, 0.4) is 0 Å². The molecule has 1 aliphatic rings. The van der Waals surface area contributed by atoms with Crippen molar-refractivity contribution in [1.29, 1.82) is 0 Å².